The lowest BCUT2D eigenvalue weighted by Crippen LogP contribution is -2.22. The van der Waals surface area contributed by atoms with E-state index >= 15 is 0 Å². The first kappa shape index (κ1) is 13.9. The number of nitrogens with two attached hydrogens (primary N) is 1. The number of hydrogen-bond acceptors (Lipinski definition) is 2. The van der Waals surface area contributed by atoms with Gasteiger partial charge in [0.2, 0.25) is 0 Å². The van der Waals surface area contributed by atoms with E-state index in [1.165, 1.54) is 0 Å². The number of rotatable bonds is 3. The minimum absolute atomic E-state index is 0. The predicted octanol–water partition coefficient (Wildman–Crippen LogP) is 1.88. The Morgan fingerprint density at radius 2 is 1.93 bits per heavy atom. The van der Waals surface area contributed by atoms with Gasteiger partial charge in [-0.2, -0.15) is 0 Å². The molecule has 0 radical (unpaired) electrons. The van der Waals surface area contributed by atoms with Crippen LogP contribution >= 0.6 is 12.4 Å². The first-order valence-electron chi connectivity index (χ1n) is 4.79. The summed E-state index contributed by atoms with van der Waals surface area (Å²) >= 11 is 0. The lowest BCUT2D eigenvalue weighted by Gasteiger charge is -2.06. The van der Waals surface area contributed by atoms with Crippen LogP contribution in [0.15, 0.2) is 24.3 Å². The Bertz CT molecular complexity index is 309. The van der Waals surface area contributed by atoms with Gasteiger partial charge in [-0.15, -0.1) is 12.4 Å². The van der Waals surface area contributed by atoms with E-state index in [4.69, 9.17) is 5.73 Å². The summed E-state index contributed by atoms with van der Waals surface area (Å²) in [5.41, 5.74) is 7.41. The van der Waals surface area contributed by atoms with Crippen LogP contribution in [-0.2, 0) is 0 Å². The summed E-state index contributed by atoms with van der Waals surface area (Å²) in [7, 11) is 0. The monoisotopic (exact) mass is 228 g/mol. The molecule has 0 aromatic heterocycles. The zero-order chi connectivity index (χ0) is 10.6. The molecule has 0 saturated carbocycles. The Kier molecular flexibility index (Phi) is 5.97. The standard InChI is InChI=1S/C11H16N2O.ClH/c1-3-13-11(14)10-6-4-9(5-7-10)8(2)12;/h4-8H,3,12H2,1-2H3,(H,13,14);1H/t8-;/m0./s1. The van der Waals surface area contributed by atoms with E-state index in [0.29, 0.717) is 12.1 Å². The first-order valence-corrected chi connectivity index (χ1v) is 4.79. The zero-order valence-corrected chi connectivity index (χ0v) is 9.80. The van der Waals surface area contributed by atoms with E-state index in [9.17, 15) is 4.79 Å². The average Bonchev–Trinajstić information content (AvgIpc) is 2.18. The van der Waals surface area contributed by atoms with Crippen molar-refractivity contribution < 1.29 is 4.79 Å². The molecule has 4 heteroatoms. The summed E-state index contributed by atoms with van der Waals surface area (Å²) in [6.45, 7) is 4.46. The molecule has 0 saturated heterocycles. The van der Waals surface area contributed by atoms with E-state index in [0.717, 1.165) is 5.56 Å². The van der Waals surface area contributed by atoms with Crippen molar-refractivity contribution in [1.82, 2.24) is 5.32 Å². The Morgan fingerprint density at radius 1 is 1.40 bits per heavy atom. The molecular weight excluding hydrogens is 212 g/mol. The van der Waals surface area contributed by atoms with Crippen LogP contribution in [0.4, 0.5) is 0 Å². The minimum Gasteiger partial charge on any atom is -0.352 e. The molecule has 15 heavy (non-hydrogen) atoms. The van der Waals surface area contributed by atoms with Crippen molar-refractivity contribution >= 4 is 18.3 Å². The smallest absolute Gasteiger partial charge is 0.251 e. The summed E-state index contributed by atoms with van der Waals surface area (Å²) in [6, 6.07) is 7.37. The second kappa shape index (κ2) is 6.43. The molecule has 0 spiro atoms. The fraction of sp³-hybridized carbons (Fsp3) is 0.364. The highest BCUT2D eigenvalue weighted by atomic mass is 35.5. The maximum Gasteiger partial charge on any atom is 0.251 e. The SMILES string of the molecule is CCNC(=O)c1ccc([C@H](C)N)cc1.Cl. The summed E-state index contributed by atoms with van der Waals surface area (Å²) in [6.07, 6.45) is 0. The van der Waals surface area contributed by atoms with Crippen LogP contribution in [0, 0.1) is 0 Å². The third kappa shape index (κ3) is 3.90. The molecule has 1 aromatic rings. The highest BCUT2D eigenvalue weighted by molar-refractivity contribution is 5.94. The van der Waals surface area contributed by atoms with Crippen LogP contribution < -0.4 is 11.1 Å². The van der Waals surface area contributed by atoms with Crippen LogP contribution in [0.2, 0.25) is 0 Å². The maximum absolute atomic E-state index is 11.4. The summed E-state index contributed by atoms with van der Waals surface area (Å²) in [5, 5.41) is 2.74. The molecule has 0 heterocycles. The van der Waals surface area contributed by atoms with Gasteiger partial charge in [0.1, 0.15) is 0 Å². The van der Waals surface area contributed by atoms with Gasteiger partial charge in [-0.1, -0.05) is 12.1 Å². The quantitative estimate of drug-likeness (QED) is 0.830. The second-order valence-corrected chi connectivity index (χ2v) is 3.27. The van der Waals surface area contributed by atoms with Gasteiger partial charge in [-0.3, -0.25) is 4.79 Å². The molecule has 1 amide bonds. The number of benzene rings is 1. The van der Waals surface area contributed by atoms with Crippen molar-refractivity contribution in [3.05, 3.63) is 35.4 Å². The van der Waals surface area contributed by atoms with Crippen molar-refractivity contribution in [2.45, 2.75) is 19.9 Å². The lowest BCUT2D eigenvalue weighted by molar-refractivity contribution is 0.0956. The molecule has 1 atom stereocenters. The van der Waals surface area contributed by atoms with Crippen molar-refractivity contribution in [2.24, 2.45) is 5.73 Å². The molecule has 84 valence electrons. The highest BCUT2D eigenvalue weighted by Crippen LogP contribution is 2.10. The summed E-state index contributed by atoms with van der Waals surface area (Å²) in [5.74, 6) is -0.0382. The maximum atomic E-state index is 11.4. The first-order chi connectivity index (χ1) is 6.65. The molecule has 1 aromatic carbocycles. The molecule has 3 N–H and O–H groups in total. The number of nitrogens with one attached hydrogen (secondary N) is 1. The largest absolute Gasteiger partial charge is 0.352 e. The molecule has 3 nitrogen and oxygen atoms in total. The van der Waals surface area contributed by atoms with E-state index in [1.54, 1.807) is 12.1 Å². The summed E-state index contributed by atoms with van der Waals surface area (Å²) < 4.78 is 0. The zero-order valence-electron chi connectivity index (χ0n) is 8.99. The van der Waals surface area contributed by atoms with E-state index < -0.39 is 0 Å². The molecule has 0 aliphatic carbocycles. The lowest BCUT2D eigenvalue weighted by atomic mass is 10.1. The topological polar surface area (TPSA) is 55.1 Å². The number of carbonyl (C=O) groups is 1. The van der Waals surface area contributed by atoms with Gasteiger partial charge in [0.25, 0.3) is 5.91 Å². The third-order valence-electron chi connectivity index (χ3n) is 2.04. The fourth-order valence-corrected chi connectivity index (χ4v) is 1.20. The average molecular weight is 229 g/mol. The van der Waals surface area contributed by atoms with Gasteiger partial charge in [0.05, 0.1) is 0 Å². The number of halogens is 1. The Hall–Kier alpha value is -1.06. The minimum atomic E-state index is -0.0382. The fourth-order valence-electron chi connectivity index (χ4n) is 1.20. The van der Waals surface area contributed by atoms with Gasteiger partial charge in [-0.05, 0) is 31.5 Å². The normalized spacial score (nSPS) is 11.4. The Morgan fingerprint density at radius 3 is 2.33 bits per heavy atom. The molecule has 0 fully saturated rings. The van der Waals surface area contributed by atoms with Crippen LogP contribution in [0.5, 0.6) is 0 Å². The van der Waals surface area contributed by atoms with Gasteiger partial charge in [0.15, 0.2) is 0 Å². The molecular formula is C11H17ClN2O. The van der Waals surface area contributed by atoms with E-state index in [-0.39, 0.29) is 24.4 Å². The Labute approximate surface area is 96.5 Å². The van der Waals surface area contributed by atoms with Gasteiger partial charge >= 0.3 is 0 Å². The predicted molar refractivity (Wildman–Crippen MR) is 64.3 cm³/mol. The Balaban J connectivity index is 0.00000196. The number of amides is 1. The van der Waals surface area contributed by atoms with Crippen molar-refractivity contribution in [3.8, 4) is 0 Å². The van der Waals surface area contributed by atoms with Gasteiger partial charge < -0.3 is 11.1 Å². The molecule has 0 unspecified atom stereocenters. The summed E-state index contributed by atoms with van der Waals surface area (Å²) in [4.78, 5) is 11.4. The van der Waals surface area contributed by atoms with E-state index in [2.05, 4.69) is 5.32 Å². The number of hydrogen-bond donors (Lipinski definition) is 2. The number of carbonyl (C=O) groups excluding carboxylic acids is 1. The van der Waals surface area contributed by atoms with Crippen LogP contribution in [0.1, 0.15) is 35.8 Å². The van der Waals surface area contributed by atoms with Crippen LogP contribution in [0.25, 0.3) is 0 Å². The van der Waals surface area contributed by atoms with Crippen LogP contribution in [-0.4, -0.2) is 12.5 Å². The molecule has 1 rings (SSSR count). The van der Waals surface area contributed by atoms with Crippen molar-refractivity contribution in [3.63, 3.8) is 0 Å². The molecule has 0 bridgehead atoms. The van der Waals surface area contributed by atoms with Crippen molar-refractivity contribution in [1.29, 1.82) is 0 Å². The molecule has 0 aliphatic rings. The van der Waals surface area contributed by atoms with Crippen LogP contribution in [0.3, 0.4) is 0 Å². The second-order valence-electron chi connectivity index (χ2n) is 3.27. The highest BCUT2D eigenvalue weighted by Gasteiger charge is 2.04. The molecule has 0 aliphatic heterocycles. The third-order valence-corrected chi connectivity index (χ3v) is 2.04. The van der Waals surface area contributed by atoms with Crippen molar-refractivity contribution in [2.75, 3.05) is 6.54 Å². The van der Waals surface area contributed by atoms with E-state index in [1.807, 2.05) is 26.0 Å². The van der Waals surface area contributed by atoms with Gasteiger partial charge in [-0.25, -0.2) is 0 Å². The van der Waals surface area contributed by atoms with Gasteiger partial charge in [0, 0.05) is 18.2 Å².